The van der Waals surface area contributed by atoms with Crippen molar-refractivity contribution in [2.45, 2.75) is 19.4 Å². The van der Waals surface area contributed by atoms with Gasteiger partial charge < -0.3 is 5.11 Å². The fourth-order valence-electron chi connectivity index (χ4n) is 0.675. The van der Waals surface area contributed by atoms with Crippen LogP contribution in [0.5, 0.6) is 0 Å². The average Bonchev–Trinajstić information content (AvgIpc) is 1.86. The zero-order valence-corrected chi connectivity index (χ0v) is 8.46. The lowest BCUT2D eigenvalue weighted by molar-refractivity contribution is 0.116. The zero-order chi connectivity index (χ0) is 8.48. The Morgan fingerprint density at radius 3 is 2.64 bits per heavy atom. The second-order valence-electron chi connectivity index (χ2n) is 2.73. The summed E-state index contributed by atoms with van der Waals surface area (Å²) < 4.78 is 18.6. The van der Waals surface area contributed by atoms with Crippen LogP contribution in [-0.4, -0.2) is 10.7 Å². The molecule has 0 saturated heterocycles. The molecule has 0 fully saturated rings. The van der Waals surface area contributed by atoms with Crippen molar-refractivity contribution in [1.29, 1.82) is 0 Å². The molecule has 0 aromatic rings. The highest BCUT2D eigenvalue weighted by Gasteiger charge is 2.23. The summed E-state index contributed by atoms with van der Waals surface area (Å²) >= 11 is -0.432. The van der Waals surface area contributed by atoms with Gasteiger partial charge in [0.25, 0.3) is 0 Å². The highest BCUT2D eigenvalue weighted by Crippen LogP contribution is 2.29. The molecular weight excluding hydrogens is 260 g/mol. The first-order chi connectivity index (χ1) is 5.02. The van der Waals surface area contributed by atoms with Crippen LogP contribution in [0.1, 0.15) is 13.8 Å². The molecule has 0 aliphatic carbocycles. The van der Waals surface area contributed by atoms with E-state index >= 15 is 0 Å². The third-order valence-electron chi connectivity index (χ3n) is 1.20. The quantitative estimate of drug-likeness (QED) is 0.729. The largest absolute Gasteiger partial charge is 0.384 e. The van der Waals surface area contributed by atoms with Crippen LogP contribution in [0.15, 0.2) is 24.8 Å². The van der Waals surface area contributed by atoms with E-state index in [1.807, 2.05) is 0 Å². The molecule has 0 bridgehead atoms. The third-order valence-corrected chi connectivity index (χ3v) is 2.65. The van der Waals surface area contributed by atoms with E-state index < -0.39 is 32.5 Å². The fraction of sp³-hybridized carbons (Fsp3) is 0.429. The lowest BCUT2D eigenvalue weighted by Crippen LogP contribution is -2.21. The van der Waals surface area contributed by atoms with Crippen LogP contribution in [0.25, 0.3) is 0 Å². The first-order valence-corrected chi connectivity index (χ1v) is 5.36. The monoisotopic (exact) mass is 269 g/mol. The summed E-state index contributed by atoms with van der Waals surface area (Å²) in [6, 6.07) is 0. The molecule has 0 unspecified atom stereocenters. The summed E-state index contributed by atoms with van der Waals surface area (Å²) in [5.41, 5.74) is -0.957. The Bertz CT molecular complexity index is 250. The molecule has 1 heterocycles. The molecule has 0 atom stereocenters. The molecule has 1 rings (SSSR count). The van der Waals surface area contributed by atoms with E-state index in [0.717, 1.165) is 0 Å². The van der Waals surface area contributed by atoms with E-state index in [4.69, 9.17) is 0 Å². The Kier molecular flexibility index (Phi) is 2.54. The summed E-state index contributed by atoms with van der Waals surface area (Å²) in [4.78, 5) is 0. The molecule has 1 aliphatic rings. The van der Waals surface area contributed by atoms with Crippen LogP contribution < -0.4 is 0 Å². The number of halogens is 2. The molecule has 11 heavy (non-hydrogen) atoms. The van der Waals surface area contributed by atoms with E-state index in [9.17, 15) is 9.50 Å². The number of aliphatic hydroxyl groups is 1. The fourth-order valence-corrected chi connectivity index (χ4v) is 2.41. The molecule has 1 N–H and O–H groups in total. The third kappa shape index (κ3) is 2.16. The molecule has 0 spiro atoms. The molecule has 0 saturated carbocycles. The lowest BCUT2D eigenvalue weighted by atomic mass is 10.1. The van der Waals surface area contributed by atoms with Crippen LogP contribution in [0, 0.1) is 0 Å². The average molecular weight is 269 g/mol. The predicted octanol–water partition coefficient (Wildman–Crippen LogP) is 2.62. The maximum Gasteiger partial charge on any atom is 0.148 e. The Labute approximate surface area is 75.0 Å². The summed E-state index contributed by atoms with van der Waals surface area (Å²) in [6.45, 7) is 3.07. The van der Waals surface area contributed by atoms with Crippen molar-refractivity contribution in [1.82, 2.24) is 0 Å². The van der Waals surface area contributed by atoms with Gasteiger partial charge in [-0.1, -0.05) is 0 Å². The summed E-state index contributed by atoms with van der Waals surface area (Å²) in [6.07, 6.45) is 1.38. The molecule has 0 amide bonds. The van der Waals surface area contributed by atoms with Crippen LogP contribution in [0.3, 0.4) is 0 Å². The van der Waals surface area contributed by atoms with Crippen molar-refractivity contribution < 1.29 is 9.50 Å². The number of allylic oxidation sites excluding steroid dienone is 2. The van der Waals surface area contributed by atoms with Gasteiger partial charge >= 0.3 is 0 Å². The maximum absolute atomic E-state index is 12.9. The number of nitrogens with zero attached hydrogens (tertiary/aromatic N) is 1. The second-order valence-corrected chi connectivity index (χ2v) is 4.49. The molecule has 0 aromatic carbocycles. The Morgan fingerprint density at radius 1 is 1.64 bits per heavy atom. The number of hydrogen-bond acceptors (Lipinski definition) is 2. The van der Waals surface area contributed by atoms with Crippen LogP contribution in [0.4, 0.5) is 4.39 Å². The van der Waals surface area contributed by atoms with E-state index in [0.29, 0.717) is 0 Å². The molecule has 0 radical (unpaired) electrons. The molecule has 2 nitrogen and oxygen atoms in total. The topological polar surface area (TPSA) is 32.6 Å². The van der Waals surface area contributed by atoms with Gasteiger partial charge in [0.15, 0.2) is 0 Å². The smallest absolute Gasteiger partial charge is 0.148 e. The normalized spacial score (nSPS) is 18.5. The van der Waals surface area contributed by atoms with E-state index in [2.05, 4.69) is 3.15 Å². The van der Waals surface area contributed by atoms with E-state index in [-0.39, 0.29) is 5.70 Å². The van der Waals surface area contributed by atoms with Crippen molar-refractivity contribution in [3.05, 3.63) is 21.7 Å². The first-order valence-electron chi connectivity index (χ1n) is 3.15. The highest BCUT2D eigenvalue weighted by atomic mass is 127. The summed E-state index contributed by atoms with van der Waals surface area (Å²) in [5, 5.41) is 9.40. The predicted molar refractivity (Wildman–Crippen MR) is 50.0 cm³/mol. The minimum atomic E-state index is -1.14. The van der Waals surface area contributed by atoms with Gasteiger partial charge in [-0.25, -0.2) is 7.54 Å². The Hall–Kier alpha value is -0.100. The summed E-state index contributed by atoms with van der Waals surface area (Å²) in [5.74, 6) is -0.413. The minimum Gasteiger partial charge on any atom is -0.384 e. The highest BCUT2D eigenvalue weighted by molar-refractivity contribution is 14.2. The molecular formula is C7H9FINO. The van der Waals surface area contributed by atoms with Crippen molar-refractivity contribution in [3.8, 4) is 0 Å². The van der Waals surface area contributed by atoms with Crippen molar-refractivity contribution in [2.75, 3.05) is 0 Å². The standard InChI is InChI=1S/C7H9FINO/c1-7(2,11)6-5(8)3-4-9-10-6/h3-4,11H,1-2H3. The maximum atomic E-state index is 12.9. The van der Waals surface area contributed by atoms with Crippen LogP contribution in [0.2, 0.25) is 0 Å². The Balaban J connectivity index is 3.05. The van der Waals surface area contributed by atoms with Gasteiger partial charge in [0.1, 0.15) is 17.1 Å². The summed E-state index contributed by atoms with van der Waals surface area (Å²) in [7, 11) is 0. The van der Waals surface area contributed by atoms with Gasteiger partial charge in [-0.05, 0) is 24.0 Å². The second kappa shape index (κ2) is 3.10. The molecule has 4 heteroatoms. The van der Waals surface area contributed by atoms with E-state index in [1.165, 1.54) is 19.9 Å². The first kappa shape index (κ1) is 8.99. The Morgan fingerprint density at radius 2 is 2.27 bits per heavy atom. The van der Waals surface area contributed by atoms with Gasteiger partial charge in [0, 0.05) is 21.0 Å². The van der Waals surface area contributed by atoms with Gasteiger partial charge in [-0.15, -0.1) is 0 Å². The lowest BCUT2D eigenvalue weighted by Gasteiger charge is -2.18. The molecule has 62 valence electrons. The van der Waals surface area contributed by atoms with Crippen molar-refractivity contribution in [3.63, 3.8) is 0 Å². The molecule has 1 aliphatic heterocycles. The van der Waals surface area contributed by atoms with Crippen molar-refractivity contribution >= 4 is 21.0 Å². The SMILES string of the molecule is CC(C)(O)C1=C(F)C=CI=N1. The minimum absolute atomic E-state index is 0.188. The number of hydrogen-bond donors (Lipinski definition) is 1. The van der Waals surface area contributed by atoms with Crippen molar-refractivity contribution in [2.24, 2.45) is 3.15 Å². The van der Waals surface area contributed by atoms with Crippen LogP contribution >= 0.6 is 21.0 Å². The van der Waals surface area contributed by atoms with Crippen LogP contribution in [-0.2, 0) is 0 Å². The van der Waals surface area contributed by atoms with Gasteiger partial charge in [0.05, 0.1) is 0 Å². The van der Waals surface area contributed by atoms with Gasteiger partial charge in [0.2, 0.25) is 0 Å². The van der Waals surface area contributed by atoms with E-state index in [1.54, 1.807) is 4.08 Å². The number of rotatable bonds is 1. The zero-order valence-electron chi connectivity index (χ0n) is 6.31. The molecule has 0 aromatic heterocycles. The van der Waals surface area contributed by atoms with Gasteiger partial charge in [-0.3, -0.25) is 0 Å². The van der Waals surface area contributed by atoms with Gasteiger partial charge in [-0.2, -0.15) is 0 Å².